The Balaban J connectivity index is 0.00000312. The van der Waals surface area contributed by atoms with Gasteiger partial charge >= 0.3 is 0 Å². The molecular formula is C21H29IN2O. The summed E-state index contributed by atoms with van der Waals surface area (Å²) in [6, 6.07) is 20.8. The van der Waals surface area contributed by atoms with E-state index in [1.54, 1.807) is 0 Å². The molecule has 3 nitrogen and oxygen atoms in total. The van der Waals surface area contributed by atoms with Crippen molar-refractivity contribution in [2.24, 2.45) is 0 Å². The fourth-order valence-corrected chi connectivity index (χ4v) is 2.86. The number of likely N-dealkylation sites (N-methyl/N-ethyl adjacent to an activating group) is 1. The Bertz CT molecular complexity index is 587. The van der Waals surface area contributed by atoms with Gasteiger partial charge in [-0.3, -0.25) is 4.79 Å². The van der Waals surface area contributed by atoms with E-state index in [1.807, 2.05) is 12.1 Å². The summed E-state index contributed by atoms with van der Waals surface area (Å²) < 4.78 is 0.771. The molecule has 0 aliphatic carbocycles. The van der Waals surface area contributed by atoms with Gasteiger partial charge in [-0.15, -0.1) is 0 Å². The lowest BCUT2D eigenvalue weighted by atomic mass is 9.91. The van der Waals surface area contributed by atoms with Gasteiger partial charge in [0.25, 0.3) is 5.91 Å². The topological polar surface area (TPSA) is 29.1 Å². The second kappa shape index (κ2) is 10.6. The normalized spacial score (nSPS) is 11.0. The van der Waals surface area contributed by atoms with Crippen LogP contribution < -0.4 is 29.3 Å². The molecule has 4 heteroatoms. The first-order valence-corrected chi connectivity index (χ1v) is 8.78. The lowest BCUT2D eigenvalue weighted by molar-refractivity contribution is -0.898. The molecule has 2 aromatic rings. The van der Waals surface area contributed by atoms with Gasteiger partial charge in [0.15, 0.2) is 6.54 Å². The maximum Gasteiger partial charge on any atom is 0.275 e. The molecule has 0 bridgehead atoms. The highest BCUT2D eigenvalue weighted by Gasteiger charge is 2.22. The van der Waals surface area contributed by atoms with E-state index in [0.717, 1.165) is 17.6 Å². The number of nitrogens with zero attached hydrogens (tertiary/aromatic N) is 1. The Morgan fingerprint density at radius 2 is 1.36 bits per heavy atom. The first-order valence-electron chi connectivity index (χ1n) is 8.78. The molecule has 1 N–H and O–H groups in total. The lowest BCUT2D eigenvalue weighted by Gasteiger charge is -2.31. The van der Waals surface area contributed by atoms with Crippen LogP contribution in [0.5, 0.6) is 0 Å². The molecule has 0 spiro atoms. The van der Waals surface area contributed by atoms with Gasteiger partial charge in [-0.25, -0.2) is 0 Å². The van der Waals surface area contributed by atoms with Gasteiger partial charge in [0.05, 0.1) is 20.1 Å². The highest BCUT2D eigenvalue weighted by molar-refractivity contribution is 5.77. The summed E-state index contributed by atoms with van der Waals surface area (Å²) in [7, 11) is 2.13. The van der Waals surface area contributed by atoms with Crippen molar-refractivity contribution in [3.63, 3.8) is 0 Å². The van der Waals surface area contributed by atoms with Gasteiger partial charge in [0.1, 0.15) is 0 Å². The van der Waals surface area contributed by atoms with Crippen LogP contribution in [-0.2, 0) is 4.79 Å². The summed E-state index contributed by atoms with van der Waals surface area (Å²) in [5.74, 6) is 0.302. The van der Waals surface area contributed by atoms with Crippen molar-refractivity contribution in [3.05, 3.63) is 71.8 Å². The van der Waals surface area contributed by atoms with Crippen LogP contribution >= 0.6 is 0 Å². The van der Waals surface area contributed by atoms with Gasteiger partial charge in [-0.2, -0.15) is 0 Å². The van der Waals surface area contributed by atoms with Gasteiger partial charge < -0.3 is 33.8 Å². The Kier molecular flexibility index (Phi) is 9.14. The second-order valence-electron chi connectivity index (χ2n) is 6.59. The Hall–Kier alpha value is -1.40. The van der Waals surface area contributed by atoms with E-state index in [-0.39, 0.29) is 35.8 Å². The monoisotopic (exact) mass is 452 g/mol. The van der Waals surface area contributed by atoms with Crippen molar-refractivity contribution in [1.82, 2.24) is 5.32 Å². The number of halogens is 1. The van der Waals surface area contributed by atoms with Crippen LogP contribution in [0.25, 0.3) is 0 Å². The lowest BCUT2D eigenvalue weighted by Crippen LogP contribution is -3.00. The van der Waals surface area contributed by atoms with Gasteiger partial charge in [-0.1, -0.05) is 60.7 Å². The summed E-state index contributed by atoms with van der Waals surface area (Å²) in [6.07, 6.45) is 0. The molecule has 2 aromatic carbocycles. The highest BCUT2D eigenvalue weighted by Crippen LogP contribution is 2.23. The minimum absolute atomic E-state index is 0. The van der Waals surface area contributed by atoms with Gasteiger partial charge in [0.2, 0.25) is 0 Å². The smallest absolute Gasteiger partial charge is 0.275 e. The first-order chi connectivity index (χ1) is 11.6. The molecule has 0 atom stereocenters. The maximum absolute atomic E-state index is 12.4. The zero-order valence-electron chi connectivity index (χ0n) is 15.4. The van der Waals surface area contributed by atoms with Crippen molar-refractivity contribution >= 4 is 5.91 Å². The van der Waals surface area contributed by atoms with E-state index < -0.39 is 0 Å². The number of hydrogen-bond acceptors (Lipinski definition) is 1. The minimum atomic E-state index is 0. The van der Waals surface area contributed by atoms with E-state index in [0.29, 0.717) is 13.1 Å². The van der Waals surface area contributed by atoms with Crippen LogP contribution in [0.15, 0.2) is 60.7 Å². The molecule has 25 heavy (non-hydrogen) atoms. The Morgan fingerprint density at radius 3 is 1.76 bits per heavy atom. The second-order valence-corrected chi connectivity index (χ2v) is 6.59. The van der Waals surface area contributed by atoms with Crippen molar-refractivity contribution < 1.29 is 33.3 Å². The molecule has 0 saturated carbocycles. The minimum Gasteiger partial charge on any atom is -1.00 e. The number of carbonyl (C=O) groups is 1. The molecule has 0 aliphatic heterocycles. The zero-order valence-corrected chi connectivity index (χ0v) is 17.6. The molecule has 1 amide bonds. The summed E-state index contributed by atoms with van der Waals surface area (Å²) >= 11 is 0. The average Bonchev–Trinajstić information content (AvgIpc) is 2.63. The van der Waals surface area contributed by atoms with Gasteiger partial charge in [-0.05, 0) is 25.0 Å². The van der Waals surface area contributed by atoms with Crippen LogP contribution in [0, 0.1) is 0 Å². The fourth-order valence-electron chi connectivity index (χ4n) is 2.86. The number of amides is 1. The maximum atomic E-state index is 12.4. The molecule has 0 radical (unpaired) electrons. The summed E-state index contributed by atoms with van der Waals surface area (Å²) in [6.45, 7) is 7.35. The van der Waals surface area contributed by atoms with E-state index in [2.05, 4.69) is 74.7 Å². The first kappa shape index (κ1) is 21.6. The number of quaternary nitrogens is 1. The summed E-state index contributed by atoms with van der Waals surface area (Å²) in [5.41, 5.74) is 2.46. The third-order valence-corrected chi connectivity index (χ3v) is 4.96. The Labute approximate surface area is 169 Å². The number of hydrogen-bond donors (Lipinski definition) is 1. The predicted molar refractivity (Wildman–Crippen MR) is 99.9 cm³/mol. The van der Waals surface area contributed by atoms with Crippen molar-refractivity contribution in [2.45, 2.75) is 19.8 Å². The number of carbonyl (C=O) groups excluding carboxylic acids is 1. The summed E-state index contributed by atoms with van der Waals surface area (Å²) in [5, 5.41) is 3.15. The third-order valence-electron chi connectivity index (χ3n) is 4.96. The number of nitrogens with one attached hydrogen (secondary N) is 1. The highest BCUT2D eigenvalue weighted by atomic mass is 127. The number of rotatable bonds is 8. The SMILES string of the molecule is CC[N+](C)(CC)CC(=O)NCC(c1ccccc1)c1ccccc1.[I-]. The van der Waals surface area contributed by atoms with Crippen LogP contribution in [0.1, 0.15) is 30.9 Å². The quantitative estimate of drug-likeness (QED) is 0.457. The molecule has 0 aliphatic rings. The molecule has 136 valence electrons. The molecule has 0 fully saturated rings. The van der Waals surface area contributed by atoms with E-state index in [1.165, 1.54) is 11.1 Å². The average molecular weight is 452 g/mol. The molecule has 0 aromatic heterocycles. The van der Waals surface area contributed by atoms with Crippen LogP contribution in [-0.4, -0.2) is 43.6 Å². The van der Waals surface area contributed by atoms with E-state index in [4.69, 9.17) is 0 Å². The molecule has 2 rings (SSSR count). The standard InChI is InChI=1S/C21H28N2O.HI/c1-4-23(3,5-2)17-21(24)22-16-20(18-12-8-6-9-13-18)19-14-10-7-11-15-19;/h6-15,20H,4-5,16-17H2,1-3H3;1H. The van der Waals surface area contributed by atoms with E-state index in [9.17, 15) is 4.79 Å². The third kappa shape index (κ3) is 6.44. The van der Waals surface area contributed by atoms with Crippen LogP contribution in [0.2, 0.25) is 0 Å². The van der Waals surface area contributed by atoms with Crippen LogP contribution in [0.3, 0.4) is 0 Å². The summed E-state index contributed by atoms with van der Waals surface area (Å²) in [4.78, 5) is 12.4. The number of benzene rings is 2. The molecular weight excluding hydrogens is 423 g/mol. The zero-order chi connectivity index (χ0) is 17.4. The molecule has 0 saturated heterocycles. The Morgan fingerprint density at radius 1 is 0.920 bits per heavy atom. The van der Waals surface area contributed by atoms with E-state index >= 15 is 0 Å². The van der Waals surface area contributed by atoms with Crippen molar-refractivity contribution in [3.8, 4) is 0 Å². The molecule has 0 heterocycles. The fraction of sp³-hybridized carbons (Fsp3) is 0.381. The van der Waals surface area contributed by atoms with Crippen molar-refractivity contribution in [1.29, 1.82) is 0 Å². The van der Waals surface area contributed by atoms with Crippen molar-refractivity contribution in [2.75, 3.05) is 33.2 Å². The molecule has 0 unspecified atom stereocenters. The predicted octanol–water partition coefficient (Wildman–Crippen LogP) is 0.425. The van der Waals surface area contributed by atoms with Gasteiger partial charge in [0, 0.05) is 12.5 Å². The van der Waals surface area contributed by atoms with Crippen LogP contribution in [0.4, 0.5) is 0 Å². The largest absolute Gasteiger partial charge is 1.00 e.